The van der Waals surface area contributed by atoms with Crippen LogP contribution in [0.4, 0.5) is 5.69 Å². The molecular formula is C33H23NO. The van der Waals surface area contributed by atoms with E-state index < -0.39 is 0 Å². The fourth-order valence-electron chi connectivity index (χ4n) is 4.77. The smallest absolute Gasteiger partial charge is 0.124 e. The molecule has 35 heavy (non-hydrogen) atoms. The molecule has 0 aliphatic rings. The van der Waals surface area contributed by atoms with E-state index in [4.69, 9.17) is 4.99 Å². The summed E-state index contributed by atoms with van der Waals surface area (Å²) in [7, 11) is 0. The molecule has 2 heteroatoms. The third kappa shape index (κ3) is 3.85. The minimum Gasteiger partial charge on any atom is -0.507 e. The van der Waals surface area contributed by atoms with Crippen molar-refractivity contribution in [1.82, 2.24) is 0 Å². The number of benzene rings is 6. The van der Waals surface area contributed by atoms with E-state index in [0.29, 0.717) is 0 Å². The Morgan fingerprint density at radius 3 is 1.83 bits per heavy atom. The normalized spacial score (nSPS) is 11.0. The number of nitrogens with zero attached hydrogens (tertiary/aromatic N) is 1. The van der Waals surface area contributed by atoms with Crippen molar-refractivity contribution in [2.45, 2.75) is 0 Å². The summed E-state index contributed by atoms with van der Waals surface area (Å²) >= 11 is 0. The van der Waals surface area contributed by atoms with Crippen LogP contribution in [0.15, 0.2) is 138 Å². The van der Waals surface area contributed by atoms with Crippen molar-refractivity contribution in [1.29, 1.82) is 0 Å². The largest absolute Gasteiger partial charge is 0.507 e. The second-order valence-corrected chi connectivity index (χ2v) is 8.55. The van der Waals surface area contributed by atoms with Crippen LogP contribution in [0.5, 0.6) is 5.75 Å². The van der Waals surface area contributed by atoms with E-state index in [1.54, 1.807) is 6.07 Å². The monoisotopic (exact) mass is 449 g/mol. The van der Waals surface area contributed by atoms with E-state index >= 15 is 0 Å². The summed E-state index contributed by atoms with van der Waals surface area (Å²) in [6.07, 6.45) is 0. The zero-order chi connectivity index (χ0) is 23.6. The topological polar surface area (TPSA) is 32.6 Å². The van der Waals surface area contributed by atoms with Crippen LogP contribution >= 0.6 is 0 Å². The number of aromatic hydroxyl groups is 1. The number of fused-ring (bicyclic) bond motifs is 2. The molecule has 166 valence electrons. The quantitative estimate of drug-likeness (QED) is 0.269. The average molecular weight is 450 g/mol. The van der Waals surface area contributed by atoms with Crippen molar-refractivity contribution in [3.05, 3.63) is 145 Å². The molecule has 0 aliphatic carbocycles. The Labute approximate surface area is 204 Å². The number of hydrogen-bond acceptors (Lipinski definition) is 2. The third-order valence-corrected chi connectivity index (χ3v) is 6.39. The molecule has 0 radical (unpaired) electrons. The first-order valence-corrected chi connectivity index (χ1v) is 11.7. The van der Waals surface area contributed by atoms with Gasteiger partial charge >= 0.3 is 0 Å². The van der Waals surface area contributed by atoms with Crippen LogP contribution in [-0.2, 0) is 0 Å². The minimum absolute atomic E-state index is 0.265. The Hall–Kier alpha value is -4.69. The van der Waals surface area contributed by atoms with Gasteiger partial charge in [-0.3, -0.25) is 0 Å². The highest BCUT2D eigenvalue weighted by Crippen LogP contribution is 2.43. The van der Waals surface area contributed by atoms with E-state index in [1.165, 1.54) is 0 Å². The third-order valence-electron chi connectivity index (χ3n) is 6.39. The average Bonchev–Trinajstić information content (AvgIpc) is 2.92. The Balaban J connectivity index is 1.67. The zero-order valence-electron chi connectivity index (χ0n) is 19.1. The standard InChI is InChI=1S/C33H23NO/c35-30-22-21-23-11-7-8-18-27(23)32(30)28-19-9-16-24-17-10-20-29(31(24)28)34-33(25-12-3-1-4-13-25)26-14-5-2-6-15-26/h1-22,35H. The van der Waals surface area contributed by atoms with E-state index in [2.05, 4.69) is 60.7 Å². The van der Waals surface area contributed by atoms with Crippen molar-refractivity contribution in [3.63, 3.8) is 0 Å². The van der Waals surface area contributed by atoms with E-state index in [0.717, 1.165) is 55.2 Å². The molecule has 6 rings (SSSR count). The van der Waals surface area contributed by atoms with Crippen molar-refractivity contribution in [3.8, 4) is 16.9 Å². The predicted octanol–water partition coefficient (Wildman–Crippen LogP) is 8.53. The van der Waals surface area contributed by atoms with Gasteiger partial charge in [0, 0.05) is 22.1 Å². The first kappa shape index (κ1) is 20.9. The lowest BCUT2D eigenvalue weighted by molar-refractivity contribution is 0.478. The molecule has 0 spiro atoms. The Bertz CT molecular complexity index is 1640. The van der Waals surface area contributed by atoms with Crippen molar-refractivity contribution < 1.29 is 5.11 Å². The molecule has 2 nitrogen and oxygen atoms in total. The van der Waals surface area contributed by atoms with Gasteiger partial charge in [-0.15, -0.1) is 0 Å². The van der Waals surface area contributed by atoms with Gasteiger partial charge < -0.3 is 5.11 Å². The molecule has 0 amide bonds. The second-order valence-electron chi connectivity index (χ2n) is 8.55. The van der Waals surface area contributed by atoms with Gasteiger partial charge in [0.1, 0.15) is 5.75 Å². The maximum atomic E-state index is 11.0. The minimum atomic E-state index is 0.265. The van der Waals surface area contributed by atoms with Gasteiger partial charge in [-0.2, -0.15) is 0 Å². The summed E-state index contributed by atoms with van der Waals surface area (Å²) in [5.74, 6) is 0.265. The van der Waals surface area contributed by atoms with Crippen LogP contribution < -0.4 is 0 Å². The molecule has 6 aromatic carbocycles. The van der Waals surface area contributed by atoms with Gasteiger partial charge in [-0.05, 0) is 33.9 Å². The highest BCUT2D eigenvalue weighted by atomic mass is 16.3. The zero-order valence-corrected chi connectivity index (χ0v) is 19.1. The highest BCUT2D eigenvalue weighted by molar-refractivity contribution is 6.17. The van der Waals surface area contributed by atoms with Crippen LogP contribution in [0.25, 0.3) is 32.7 Å². The van der Waals surface area contributed by atoms with Gasteiger partial charge in [0.15, 0.2) is 0 Å². The number of phenolic OH excluding ortho intramolecular Hbond substituents is 1. The summed E-state index contributed by atoms with van der Waals surface area (Å²) in [6.45, 7) is 0. The fraction of sp³-hybridized carbons (Fsp3) is 0. The van der Waals surface area contributed by atoms with E-state index in [1.807, 2.05) is 66.7 Å². The molecule has 0 aromatic heterocycles. The van der Waals surface area contributed by atoms with Gasteiger partial charge in [0.25, 0.3) is 0 Å². The second kappa shape index (κ2) is 8.92. The van der Waals surface area contributed by atoms with E-state index in [-0.39, 0.29) is 5.75 Å². The summed E-state index contributed by atoms with van der Waals surface area (Å²) in [5, 5.41) is 15.2. The maximum absolute atomic E-state index is 11.0. The molecule has 0 heterocycles. The SMILES string of the molecule is Oc1ccc2ccccc2c1-c1cccc2cccc(N=C(c3ccccc3)c3ccccc3)c12. The molecule has 0 fully saturated rings. The molecule has 0 saturated carbocycles. The van der Waals surface area contributed by atoms with Crippen LogP contribution in [0, 0.1) is 0 Å². The lowest BCUT2D eigenvalue weighted by Crippen LogP contribution is -2.02. The summed E-state index contributed by atoms with van der Waals surface area (Å²) in [5.41, 5.74) is 5.69. The summed E-state index contributed by atoms with van der Waals surface area (Å²) < 4.78 is 0. The van der Waals surface area contributed by atoms with E-state index in [9.17, 15) is 5.11 Å². The Morgan fingerprint density at radius 2 is 1.11 bits per heavy atom. The lowest BCUT2D eigenvalue weighted by atomic mass is 9.92. The Morgan fingerprint density at radius 1 is 0.514 bits per heavy atom. The number of aliphatic imine (C=N–C) groups is 1. The number of rotatable bonds is 4. The van der Waals surface area contributed by atoms with Crippen LogP contribution in [-0.4, -0.2) is 10.8 Å². The van der Waals surface area contributed by atoms with Gasteiger partial charge in [0.2, 0.25) is 0 Å². The lowest BCUT2D eigenvalue weighted by Gasteiger charge is -2.15. The first-order chi connectivity index (χ1) is 17.3. The fourth-order valence-corrected chi connectivity index (χ4v) is 4.77. The summed E-state index contributed by atoms with van der Waals surface area (Å²) in [4.78, 5) is 5.26. The molecule has 0 aliphatic heterocycles. The molecular weight excluding hydrogens is 426 g/mol. The number of hydrogen-bond donors (Lipinski definition) is 1. The highest BCUT2D eigenvalue weighted by Gasteiger charge is 2.16. The van der Waals surface area contributed by atoms with Crippen molar-refractivity contribution in [2.75, 3.05) is 0 Å². The van der Waals surface area contributed by atoms with Crippen LogP contribution in [0.3, 0.4) is 0 Å². The maximum Gasteiger partial charge on any atom is 0.124 e. The van der Waals surface area contributed by atoms with Crippen LogP contribution in [0.1, 0.15) is 11.1 Å². The van der Waals surface area contributed by atoms with Gasteiger partial charge in [0.05, 0.1) is 11.4 Å². The van der Waals surface area contributed by atoms with Crippen LogP contribution in [0.2, 0.25) is 0 Å². The first-order valence-electron chi connectivity index (χ1n) is 11.7. The Kier molecular flexibility index (Phi) is 5.32. The number of phenols is 1. The van der Waals surface area contributed by atoms with Crippen molar-refractivity contribution in [2.24, 2.45) is 4.99 Å². The van der Waals surface area contributed by atoms with Gasteiger partial charge in [-0.25, -0.2) is 4.99 Å². The van der Waals surface area contributed by atoms with Gasteiger partial charge in [-0.1, -0.05) is 121 Å². The molecule has 1 N–H and O–H groups in total. The molecule has 0 saturated heterocycles. The molecule has 0 atom stereocenters. The predicted molar refractivity (Wildman–Crippen MR) is 147 cm³/mol. The molecule has 0 bridgehead atoms. The summed E-state index contributed by atoms with van der Waals surface area (Å²) in [6, 6.07) is 44.9. The molecule has 0 unspecified atom stereocenters. The van der Waals surface area contributed by atoms with Crippen molar-refractivity contribution >= 4 is 32.9 Å². The molecule has 6 aromatic rings.